The molecule has 0 saturated carbocycles. The van der Waals surface area contributed by atoms with Crippen molar-refractivity contribution >= 4 is 12.0 Å². The highest BCUT2D eigenvalue weighted by Crippen LogP contribution is 2.29. The molecule has 2 rings (SSSR count). The Hall–Kier alpha value is -2.76. The van der Waals surface area contributed by atoms with Crippen molar-refractivity contribution in [2.45, 2.75) is 6.92 Å². The highest BCUT2D eigenvalue weighted by Gasteiger charge is 2.13. The van der Waals surface area contributed by atoms with Gasteiger partial charge in [-0.2, -0.15) is 0 Å². The number of nitrogens with zero attached hydrogens (tertiary/aromatic N) is 1. The monoisotopic (exact) mass is 275 g/mol. The number of hydrogen-bond donors (Lipinski definition) is 0. The van der Waals surface area contributed by atoms with E-state index in [9.17, 15) is 19.3 Å². The Morgan fingerprint density at radius 3 is 2.55 bits per heavy atom. The summed E-state index contributed by atoms with van der Waals surface area (Å²) in [6.07, 6.45) is 0.651. The smallest absolute Gasteiger partial charge is 0.272 e. The van der Waals surface area contributed by atoms with Crippen LogP contribution in [0.2, 0.25) is 0 Å². The van der Waals surface area contributed by atoms with Gasteiger partial charge in [-0.15, -0.1) is 0 Å². The van der Waals surface area contributed by atoms with Gasteiger partial charge < -0.3 is 4.74 Å². The Balaban J connectivity index is 2.35. The highest BCUT2D eigenvalue weighted by molar-refractivity contribution is 5.76. The number of hydrogen-bond acceptors (Lipinski definition) is 4. The van der Waals surface area contributed by atoms with Crippen LogP contribution in [0.1, 0.15) is 15.9 Å². The van der Waals surface area contributed by atoms with Crippen molar-refractivity contribution in [1.82, 2.24) is 0 Å². The first-order chi connectivity index (χ1) is 9.51. The lowest BCUT2D eigenvalue weighted by Crippen LogP contribution is -1.94. The van der Waals surface area contributed by atoms with Crippen LogP contribution < -0.4 is 4.74 Å². The second kappa shape index (κ2) is 5.48. The third kappa shape index (κ3) is 2.80. The van der Waals surface area contributed by atoms with Crippen molar-refractivity contribution in [1.29, 1.82) is 0 Å². The molecule has 0 heterocycles. The van der Waals surface area contributed by atoms with E-state index in [1.165, 1.54) is 12.1 Å². The lowest BCUT2D eigenvalue weighted by atomic mass is 10.1. The van der Waals surface area contributed by atoms with Crippen molar-refractivity contribution in [2.75, 3.05) is 0 Å². The zero-order valence-corrected chi connectivity index (χ0v) is 10.5. The van der Waals surface area contributed by atoms with Crippen LogP contribution in [0.5, 0.6) is 11.5 Å². The van der Waals surface area contributed by atoms with Crippen molar-refractivity contribution in [2.24, 2.45) is 0 Å². The van der Waals surface area contributed by atoms with Gasteiger partial charge in [0.2, 0.25) is 0 Å². The molecule has 5 nitrogen and oxygen atoms in total. The van der Waals surface area contributed by atoms with Gasteiger partial charge in [0, 0.05) is 11.6 Å². The molecule has 0 aliphatic heterocycles. The Bertz CT molecular complexity index is 685. The summed E-state index contributed by atoms with van der Waals surface area (Å²) < 4.78 is 19.1. The normalized spacial score (nSPS) is 10.1. The summed E-state index contributed by atoms with van der Waals surface area (Å²) in [6, 6.07) is 7.87. The van der Waals surface area contributed by atoms with E-state index in [-0.39, 0.29) is 11.4 Å². The van der Waals surface area contributed by atoms with Crippen molar-refractivity contribution in [3.05, 3.63) is 63.5 Å². The summed E-state index contributed by atoms with van der Waals surface area (Å²) in [6.45, 7) is 1.74. The van der Waals surface area contributed by atoms with Gasteiger partial charge in [-0.25, -0.2) is 4.39 Å². The second-order valence-corrected chi connectivity index (χ2v) is 4.12. The van der Waals surface area contributed by atoms with E-state index in [0.29, 0.717) is 23.2 Å². The Morgan fingerprint density at radius 1 is 1.20 bits per heavy atom. The van der Waals surface area contributed by atoms with Gasteiger partial charge in [0.15, 0.2) is 11.6 Å². The first-order valence-corrected chi connectivity index (χ1v) is 5.69. The van der Waals surface area contributed by atoms with Gasteiger partial charge in [0.25, 0.3) is 5.69 Å². The fraction of sp³-hybridized carbons (Fsp3) is 0.0714. The van der Waals surface area contributed by atoms with Gasteiger partial charge >= 0.3 is 0 Å². The lowest BCUT2D eigenvalue weighted by Gasteiger charge is -2.09. The number of rotatable bonds is 4. The summed E-state index contributed by atoms with van der Waals surface area (Å²) in [5, 5.41) is 10.5. The SMILES string of the molecule is Cc1ccc(C=O)cc1Oc1ccc([N+](=O)[O-])cc1F. The predicted molar refractivity (Wildman–Crippen MR) is 69.7 cm³/mol. The van der Waals surface area contributed by atoms with Gasteiger partial charge in [-0.1, -0.05) is 12.1 Å². The zero-order chi connectivity index (χ0) is 14.7. The van der Waals surface area contributed by atoms with Crippen molar-refractivity contribution < 1.29 is 18.8 Å². The molecule has 2 aromatic carbocycles. The molecule has 0 aliphatic carbocycles. The number of carbonyl (C=O) groups is 1. The molecule has 6 heteroatoms. The van der Waals surface area contributed by atoms with E-state index >= 15 is 0 Å². The van der Waals surface area contributed by atoms with Gasteiger partial charge in [0.05, 0.1) is 11.0 Å². The first-order valence-electron chi connectivity index (χ1n) is 5.69. The molecule has 0 bridgehead atoms. The molecule has 20 heavy (non-hydrogen) atoms. The minimum atomic E-state index is -0.838. The van der Waals surface area contributed by atoms with E-state index in [1.807, 2.05) is 0 Å². The molecular weight excluding hydrogens is 265 g/mol. The Labute approximate surface area is 113 Å². The number of nitro benzene ring substituents is 1. The average molecular weight is 275 g/mol. The number of benzene rings is 2. The lowest BCUT2D eigenvalue weighted by molar-refractivity contribution is -0.385. The number of aryl methyl sites for hydroxylation is 1. The summed E-state index contributed by atoms with van der Waals surface area (Å²) in [7, 11) is 0. The standard InChI is InChI=1S/C14H10FNO4/c1-9-2-3-10(8-17)6-14(9)20-13-5-4-11(16(18)19)7-12(13)15/h2-8H,1H3. The Morgan fingerprint density at radius 2 is 1.95 bits per heavy atom. The Kier molecular flexibility index (Phi) is 3.74. The number of nitro groups is 1. The van der Waals surface area contributed by atoms with E-state index in [4.69, 9.17) is 4.74 Å². The van der Waals surface area contributed by atoms with Crippen LogP contribution in [0.4, 0.5) is 10.1 Å². The zero-order valence-electron chi connectivity index (χ0n) is 10.5. The van der Waals surface area contributed by atoms with E-state index in [2.05, 4.69) is 0 Å². The van der Waals surface area contributed by atoms with E-state index < -0.39 is 10.7 Å². The van der Waals surface area contributed by atoms with Crippen LogP contribution in [-0.4, -0.2) is 11.2 Å². The number of ether oxygens (including phenoxy) is 1. The quantitative estimate of drug-likeness (QED) is 0.485. The molecule has 0 unspecified atom stereocenters. The molecule has 0 atom stereocenters. The molecule has 0 aromatic heterocycles. The van der Waals surface area contributed by atoms with Crippen molar-refractivity contribution in [3.8, 4) is 11.5 Å². The van der Waals surface area contributed by atoms with Crippen LogP contribution in [0.3, 0.4) is 0 Å². The average Bonchev–Trinajstić information content (AvgIpc) is 2.43. The molecule has 102 valence electrons. The number of non-ortho nitro benzene ring substituents is 1. The summed E-state index contributed by atoms with van der Waals surface area (Å²) in [4.78, 5) is 20.5. The molecule has 0 N–H and O–H groups in total. The molecular formula is C14H10FNO4. The van der Waals surface area contributed by atoms with Crippen LogP contribution in [-0.2, 0) is 0 Å². The maximum absolute atomic E-state index is 13.7. The molecule has 2 aromatic rings. The number of halogens is 1. The molecule has 0 saturated heterocycles. The second-order valence-electron chi connectivity index (χ2n) is 4.12. The topological polar surface area (TPSA) is 69.4 Å². The minimum Gasteiger partial charge on any atom is -0.454 e. The maximum Gasteiger partial charge on any atom is 0.272 e. The minimum absolute atomic E-state index is 0.137. The third-order valence-corrected chi connectivity index (χ3v) is 2.69. The van der Waals surface area contributed by atoms with Crippen LogP contribution in [0.25, 0.3) is 0 Å². The number of aldehydes is 1. The van der Waals surface area contributed by atoms with Gasteiger partial charge in [-0.05, 0) is 24.6 Å². The van der Waals surface area contributed by atoms with Gasteiger partial charge in [-0.3, -0.25) is 14.9 Å². The van der Waals surface area contributed by atoms with Crippen LogP contribution in [0, 0.1) is 22.9 Å². The summed E-state index contributed by atoms with van der Waals surface area (Å²) in [5.74, 6) is -0.654. The molecule has 0 aliphatic rings. The molecule has 0 fully saturated rings. The van der Waals surface area contributed by atoms with Crippen LogP contribution in [0.15, 0.2) is 36.4 Å². The fourth-order valence-electron chi connectivity index (χ4n) is 1.60. The third-order valence-electron chi connectivity index (χ3n) is 2.69. The maximum atomic E-state index is 13.7. The molecule has 0 amide bonds. The largest absolute Gasteiger partial charge is 0.454 e. The number of carbonyl (C=O) groups excluding carboxylic acids is 1. The molecule has 0 spiro atoms. The molecule has 0 radical (unpaired) electrons. The van der Waals surface area contributed by atoms with Crippen LogP contribution >= 0.6 is 0 Å². The fourth-order valence-corrected chi connectivity index (χ4v) is 1.60. The van der Waals surface area contributed by atoms with Crippen molar-refractivity contribution in [3.63, 3.8) is 0 Å². The predicted octanol–water partition coefficient (Wildman–Crippen LogP) is 3.65. The summed E-state index contributed by atoms with van der Waals surface area (Å²) >= 11 is 0. The highest BCUT2D eigenvalue weighted by atomic mass is 19.1. The summed E-state index contributed by atoms with van der Waals surface area (Å²) in [5.41, 5.74) is 0.759. The van der Waals surface area contributed by atoms with E-state index in [0.717, 1.165) is 12.1 Å². The van der Waals surface area contributed by atoms with Gasteiger partial charge in [0.1, 0.15) is 12.0 Å². The first kappa shape index (κ1) is 13.7. The van der Waals surface area contributed by atoms with E-state index in [1.54, 1.807) is 19.1 Å².